The summed E-state index contributed by atoms with van der Waals surface area (Å²) in [6.07, 6.45) is 7.05. The highest BCUT2D eigenvalue weighted by atomic mass is 16.5. The fourth-order valence-corrected chi connectivity index (χ4v) is 2.82. The van der Waals surface area contributed by atoms with E-state index in [9.17, 15) is 0 Å². The van der Waals surface area contributed by atoms with Gasteiger partial charge in [-0.25, -0.2) is 4.98 Å². The van der Waals surface area contributed by atoms with Crippen molar-refractivity contribution in [1.29, 1.82) is 0 Å². The number of ether oxygens (including phenoxy) is 1. The fourth-order valence-electron chi connectivity index (χ4n) is 2.82. The highest BCUT2D eigenvalue weighted by Gasteiger charge is 2.18. The van der Waals surface area contributed by atoms with E-state index in [0.29, 0.717) is 25.1 Å². The highest BCUT2D eigenvalue weighted by molar-refractivity contribution is 5.79. The lowest BCUT2D eigenvalue weighted by molar-refractivity contribution is 0.225. The summed E-state index contributed by atoms with van der Waals surface area (Å²) in [5.41, 5.74) is 1.10. The maximum Gasteiger partial charge on any atom is 0.213 e. The van der Waals surface area contributed by atoms with Crippen molar-refractivity contribution >= 4 is 5.96 Å². The molecule has 0 radical (unpaired) electrons. The summed E-state index contributed by atoms with van der Waals surface area (Å²) in [6.45, 7) is 10.5. The molecule has 0 saturated carbocycles. The first-order chi connectivity index (χ1) is 12.2. The van der Waals surface area contributed by atoms with Crippen LogP contribution in [0.15, 0.2) is 36.0 Å². The molecule has 0 amide bonds. The molecule has 1 aromatic heterocycles. The van der Waals surface area contributed by atoms with Crippen LogP contribution in [-0.4, -0.2) is 55.2 Å². The SMILES string of the molecule is C=CCN1CCC(NC(=NC)NCc2ccc(OCCC)nc2)CC1. The van der Waals surface area contributed by atoms with E-state index >= 15 is 0 Å². The van der Waals surface area contributed by atoms with E-state index in [1.807, 2.05) is 31.5 Å². The first kappa shape index (κ1) is 19.2. The minimum atomic E-state index is 0.468. The zero-order valence-electron chi connectivity index (χ0n) is 15.5. The maximum absolute atomic E-state index is 5.51. The molecule has 0 bridgehead atoms. The minimum Gasteiger partial charge on any atom is -0.478 e. The molecule has 0 spiro atoms. The van der Waals surface area contributed by atoms with Gasteiger partial charge >= 0.3 is 0 Å². The van der Waals surface area contributed by atoms with Crippen LogP contribution in [0.25, 0.3) is 0 Å². The summed E-state index contributed by atoms with van der Waals surface area (Å²) >= 11 is 0. The average Bonchev–Trinajstić information content (AvgIpc) is 2.66. The Morgan fingerprint density at radius 1 is 1.44 bits per heavy atom. The zero-order valence-corrected chi connectivity index (χ0v) is 15.5. The Morgan fingerprint density at radius 2 is 2.24 bits per heavy atom. The summed E-state index contributed by atoms with van der Waals surface area (Å²) < 4.78 is 5.51. The first-order valence-corrected chi connectivity index (χ1v) is 9.13. The summed E-state index contributed by atoms with van der Waals surface area (Å²) in [4.78, 5) is 11.1. The van der Waals surface area contributed by atoms with Crippen molar-refractivity contribution in [3.8, 4) is 5.88 Å². The number of nitrogens with zero attached hydrogens (tertiary/aromatic N) is 3. The number of piperidine rings is 1. The lowest BCUT2D eigenvalue weighted by Crippen LogP contribution is -2.48. The Morgan fingerprint density at radius 3 is 2.84 bits per heavy atom. The molecule has 1 saturated heterocycles. The number of nitrogens with one attached hydrogen (secondary N) is 2. The zero-order chi connectivity index (χ0) is 17.9. The number of rotatable bonds is 8. The van der Waals surface area contributed by atoms with Gasteiger partial charge in [0.1, 0.15) is 0 Å². The van der Waals surface area contributed by atoms with E-state index in [2.05, 4.69) is 39.0 Å². The largest absolute Gasteiger partial charge is 0.478 e. The molecule has 0 aliphatic carbocycles. The number of aromatic nitrogens is 1. The molecular weight excluding hydrogens is 314 g/mol. The second-order valence-corrected chi connectivity index (χ2v) is 6.29. The van der Waals surface area contributed by atoms with Gasteiger partial charge < -0.3 is 15.4 Å². The Balaban J connectivity index is 1.74. The molecule has 138 valence electrons. The molecule has 1 aliphatic rings. The van der Waals surface area contributed by atoms with Gasteiger partial charge in [0.25, 0.3) is 0 Å². The van der Waals surface area contributed by atoms with Gasteiger partial charge in [-0.05, 0) is 24.8 Å². The van der Waals surface area contributed by atoms with Crippen LogP contribution >= 0.6 is 0 Å². The van der Waals surface area contributed by atoms with Crippen molar-refractivity contribution in [2.45, 2.75) is 38.8 Å². The normalized spacial score (nSPS) is 16.5. The van der Waals surface area contributed by atoms with Crippen LogP contribution in [0, 0.1) is 0 Å². The lowest BCUT2D eigenvalue weighted by Gasteiger charge is -2.32. The topological polar surface area (TPSA) is 61.8 Å². The number of guanidine groups is 1. The van der Waals surface area contributed by atoms with Crippen molar-refractivity contribution in [3.63, 3.8) is 0 Å². The Kier molecular flexibility index (Phi) is 8.25. The molecule has 1 aromatic rings. The van der Waals surface area contributed by atoms with Crippen LogP contribution in [0.1, 0.15) is 31.7 Å². The third-order valence-corrected chi connectivity index (χ3v) is 4.25. The van der Waals surface area contributed by atoms with E-state index in [4.69, 9.17) is 4.74 Å². The molecule has 1 aliphatic heterocycles. The molecular formula is C19H31N5O. The van der Waals surface area contributed by atoms with Gasteiger partial charge in [-0.15, -0.1) is 6.58 Å². The predicted octanol–water partition coefficient (Wildman–Crippen LogP) is 2.19. The lowest BCUT2D eigenvalue weighted by atomic mass is 10.1. The standard InChI is InChI=1S/C19H31N5O/c1-4-10-24-11-8-17(9-12-24)23-19(20-3)22-15-16-6-7-18(21-14-16)25-13-5-2/h4,6-7,14,17H,1,5,8-13,15H2,2-3H3,(H2,20,22,23). The van der Waals surface area contributed by atoms with Gasteiger partial charge in [-0.1, -0.05) is 19.1 Å². The van der Waals surface area contributed by atoms with E-state index in [1.54, 1.807) is 0 Å². The van der Waals surface area contributed by atoms with E-state index in [0.717, 1.165) is 50.4 Å². The summed E-state index contributed by atoms with van der Waals surface area (Å²) in [7, 11) is 1.81. The smallest absolute Gasteiger partial charge is 0.213 e. The molecule has 2 N–H and O–H groups in total. The van der Waals surface area contributed by atoms with Gasteiger partial charge in [-0.3, -0.25) is 9.89 Å². The molecule has 0 unspecified atom stereocenters. The second-order valence-electron chi connectivity index (χ2n) is 6.29. The van der Waals surface area contributed by atoms with Gasteiger partial charge in [-0.2, -0.15) is 0 Å². The minimum absolute atomic E-state index is 0.468. The van der Waals surface area contributed by atoms with Crippen LogP contribution in [0.2, 0.25) is 0 Å². The first-order valence-electron chi connectivity index (χ1n) is 9.13. The molecule has 0 atom stereocenters. The summed E-state index contributed by atoms with van der Waals surface area (Å²) in [5, 5.41) is 6.88. The van der Waals surface area contributed by atoms with Crippen LogP contribution in [-0.2, 0) is 6.54 Å². The molecule has 6 nitrogen and oxygen atoms in total. The van der Waals surface area contributed by atoms with Gasteiger partial charge in [0.05, 0.1) is 6.61 Å². The van der Waals surface area contributed by atoms with E-state index in [1.165, 1.54) is 0 Å². The van der Waals surface area contributed by atoms with Crippen molar-refractivity contribution < 1.29 is 4.74 Å². The van der Waals surface area contributed by atoms with E-state index in [-0.39, 0.29) is 0 Å². The van der Waals surface area contributed by atoms with Crippen molar-refractivity contribution in [2.24, 2.45) is 4.99 Å². The molecule has 6 heteroatoms. The molecule has 0 aromatic carbocycles. The highest BCUT2D eigenvalue weighted by Crippen LogP contribution is 2.10. The van der Waals surface area contributed by atoms with Crippen LogP contribution in [0.4, 0.5) is 0 Å². The number of aliphatic imine (C=N–C) groups is 1. The molecule has 25 heavy (non-hydrogen) atoms. The Labute approximate surface area is 151 Å². The summed E-state index contributed by atoms with van der Waals surface area (Å²) in [6, 6.07) is 4.42. The predicted molar refractivity (Wildman–Crippen MR) is 103 cm³/mol. The number of hydrogen-bond donors (Lipinski definition) is 2. The van der Waals surface area contributed by atoms with E-state index < -0.39 is 0 Å². The quantitative estimate of drug-likeness (QED) is 0.430. The van der Waals surface area contributed by atoms with Gasteiger partial charge in [0.15, 0.2) is 5.96 Å². The van der Waals surface area contributed by atoms with Crippen LogP contribution < -0.4 is 15.4 Å². The maximum atomic E-state index is 5.51. The Hall–Kier alpha value is -2.08. The number of likely N-dealkylation sites (tertiary alicyclic amines) is 1. The second kappa shape index (κ2) is 10.7. The molecule has 1 fully saturated rings. The van der Waals surface area contributed by atoms with Crippen molar-refractivity contribution in [3.05, 3.63) is 36.5 Å². The third kappa shape index (κ3) is 6.74. The molecule has 2 rings (SSSR count). The van der Waals surface area contributed by atoms with Gasteiger partial charge in [0.2, 0.25) is 5.88 Å². The third-order valence-electron chi connectivity index (χ3n) is 4.25. The average molecular weight is 345 g/mol. The number of pyridine rings is 1. The van der Waals surface area contributed by atoms with Crippen molar-refractivity contribution in [2.75, 3.05) is 33.3 Å². The van der Waals surface area contributed by atoms with Gasteiger partial charge in [0, 0.05) is 51.5 Å². The van der Waals surface area contributed by atoms with Crippen molar-refractivity contribution in [1.82, 2.24) is 20.5 Å². The molecule has 2 heterocycles. The monoisotopic (exact) mass is 345 g/mol. The van der Waals surface area contributed by atoms with Crippen LogP contribution in [0.5, 0.6) is 5.88 Å². The summed E-state index contributed by atoms with van der Waals surface area (Å²) in [5.74, 6) is 1.52. The number of hydrogen-bond acceptors (Lipinski definition) is 4. The fraction of sp³-hybridized carbons (Fsp3) is 0.579. The Bertz CT molecular complexity index is 535. The van der Waals surface area contributed by atoms with Crippen LogP contribution in [0.3, 0.4) is 0 Å².